The average molecular weight is 346 g/mol. The second kappa shape index (κ2) is 9.02. The number of unbranched alkanes of at least 4 members (excludes halogenated alkanes) is 1. The Labute approximate surface area is 150 Å². The molecule has 138 valence electrons. The minimum atomic E-state index is -0.163. The maximum atomic E-state index is 12.4. The van der Waals surface area contributed by atoms with Gasteiger partial charge in [-0.05, 0) is 25.7 Å². The van der Waals surface area contributed by atoms with E-state index in [0.29, 0.717) is 25.6 Å². The molecule has 1 aromatic rings. The molecule has 0 radical (unpaired) electrons. The maximum Gasteiger partial charge on any atom is 0.225 e. The Morgan fingerprint density at radius 2 is 2.00 bits per heavy atom. The van der Waals surface area contributed by atoms with Gasteiger partial charge in [0.25, 0.3) is 0 Å². The monoisotopic (exact) mass is 346 g/mol. The summed E-state index contributed by atoms with van der Waals surface area (Å²) in [6.07, 6.45) is 15.1. The number of likely N-dealkylation sites (tertiary alicyclic amines) is 1. The van der Waals surface area contributed by atoms with Gasteiger partial charge in [0.2, 0.25) is 11.8 Å². The van der Waals surface area contributed by atoms with E-state index in [1.807, 2.05) is 22.0 Å². The van der Waals surface area contributed by atoms with E-state index in [2.05, 4.69) is 10.3 Å². The molecule has 1 saturated carbocycles. The van der Waals surface area contributed by atoms with Gasteiger partial charge in [-0.15, -0.1) is 0 Å². The Morgan fingerprint density at radius 3 is 2.72 bits per heavy atom. The van der Waals surface area contributed by atoms with Crippen LogP contribution in [0.25, 0.3) is 0 Å². The number of hydrogen-bond acceptors (Lipinski definition) is 3. The Balaban J connectivity index is 1.36. The first-order valence-electron chi connectivity index (χ1n) is 9.77. The van der Waals surface area contributed by atoms with Crippen LogP contribution in [0.3, 0.4) is 0 Å². The molecule has 2 heterocycles. The van der Waals surface area contributed by atoms with Crippen LogP contribution in [0.5, 0.6) is 0 Å². The molecule has 2 amide bonds. The third kappa shape index (κ3) is 5.06. The van der Waals surface area contributed by atoms with Gasteiger partial charge in [-0.25, -0.2) is 4.98 Å². The van der Waals surface area contributed by atoms with E-state index in [1.165, 1.54) is 25.7 Å². The summed E-state index contributed by atoms with van der Waals surface area (Å²) in [5, 5.41) is 3.02. The Kier molecular flexibility index (Phi) is 6.48. The lowest BCUT2D eigenvalue weighted by Crippen LogP contribution is -2.38. The molecular weight excluding hydrogens is 316 g/mol. The number of nitrogens with one attached hydrogen (secondary N) is 1. The highest BCUT2D eigenvalue weighted by Gasteiger charge is 2.37. The highest BCUT2D eigenvalue weighted by Crippen LogP contribution is 2.28. The van der Waals surface area contributed by atoms with Gasteiger partial charge in [-0.2, -0.15) is 0 Å². The first-order chi connectivity index (χ1) is 12.2. The van der Waals surface area contributed by atoms with Crippen LogP contribution < -0.4 is 5.32 Å². The zero-order valence-electron chi connectivity index (χ0n) is 15.0. The summed E-state index contributed by atoms with van der Waals surface area (Å²) in [5.74, 6) is 0.0589. The molecule has 0 bridgehead atoms. The Morgan fingerprint density at radius 1 is 1.20 bits per heavy atom. The largest absolute Gasteiger partial charge is 0.356 e. The first kappa shape index (κ1) is 18.0. The molecule has 1 aliphatic carbocycles. The van der Waals surface area contributed by atoms with E-state index in [-0.39, 0.29) is 17.7 Å². The van der Waals surface area contributed by atoms with E-state index in [9.17, 15) is 9.59 Å². The van der Waals surface area contributed by atoms with Crippen molar-refractivity contribution in [1.29, 1.82) is 0 Å². The minimum Gasteiger partial charge on any atom is -0.356 e. The van der Waals surface area contributed by atoms with Crippen LogP contribution in [0, 0.1) is 5.92 Å². The first-order valence-corrected chi connectivity index (χ1v) is 9.77. The smallest absolute Gasteiger partial charge is 0.225 e. The summed E-state index contributed by atoms with van der Waals surface area (Å²) in [4.78, 5) is 30.7. The molecule has 1 saturated heterocycles. The van der Waals surface area contributed by atoms with Crippen molar-refractivity contribution in [3.63, 3.8) is 0 Å². The van der Waals surface area contributed by atoms with Gasteiger partial charge < -0.3 is 14.8 Å². The number of imidazole rings is 1. The topological polar surface area (TPSA) is 67.2 Å². The number of nitrogens with zero attached hydrogens (tertiary/aromatic N) is 3. The van der Waals surface area contributed by atoms with E-state index >= 15 is 0 Å². The number of carbonyl (C=O) groups is 2. The summed E-state index contributed by atoms with van der Waals surface area (Å²) in [5.41, 5.74) is 0. The minimum absolute atomic E-state index is 0.0482. The third-order valence-electron chi connectivity index (χ3n) is 5.50. The summed E-state index contributed by atoms with van der Waals surface area (Å²) in [7, 11) is 0. The maximum absolute atomic E-state index is 12.4. The molecule has 1 aromatic heterocycles. The van der Waals surface area contributed by atoms with Crippen molar-refractivity contribution in [2.75, 3.05) is 13.1 Å². The molecule has 6 nitrogen and oxygen atoms in total. The van der Waals surface area contributed by atoms with Crippen LogP contribution in [0.2, 0.25) is 0 Å². The molecule has 3 rings (SSSR count). The van der Waals surface area contributed by atoms with Crippen LogP contribution in [0.1, 0.15) is 57.8 Å². The number of carbonyl (C=O) groups excluding carboxylic acids is 2. The molecule has 2 fully saturated rings. The van der Waals surface area contributed by atoms with Crippen molar-refractivity contribution >= 4 is 11.8 Å². The fourth-order valence-electron chi connectivity index (χ4n) is 4.02. The van der Waals surface area contributed by atoms with Crippen molar-refractivity contribution in [2.24, 2.45) is 5.92 Å². The molecule has 1 atom stereocenters. The van der Waals surface area contributed by atoms with Crippen molar-refractivity contribution in [1.82, 2.24) is 19.8 Å². The van der Waals surface area contributed by atoms with Gasteiger partial charge in [0, 0.05) is 44.5 Å². The SMILES string of the molecule is O=C(NCCCCn1ccnc1)[C@H]1CC(=O)N(C2CCCCCC2)C1. The second-order valence-electron chi connectivity index (χ2n) is 7.39. The summed E-state index contributed by atoms with van der Waals surface area (Å²) < 4.78 is 2.04. The van der Waals surface area contributed by atoms with Crippen LogP contribution >= 0.6 is 0 Å². The molecule has 2 aliphatic rings. The van der Waals surface area contributed by atoms with E-state index < -0.39 is 0 Å². The summed E-state index contributed by atoms with van der Waals surface area (Å²) >= 11 is 0. The van der Waals surface area contributed by atoms with Crippen LogP contribution in [0.4, 0.5) is 0 Å². The van der Waals surface area contributed by atoms with E-state index in [4.69, 9.17) is 0 Å². The lowest BCUT2D eigenvalue weighted by atomic mass is 10.1. The fraction of sp³-hybridized carbons (Fsp3) is 0.737. The standard InChI is InChI=1S/C19H30N4O2/c24-18-13-16(14-23(18)17-7-3-1-2-4-8-17)19(25)21-9-5-6-11-22-12-10-20-15-22/h10,12,15-17H,1-9,11,13-14H2,(H,21,25)/t16-/m0/s1. The zero-order chi connectivity index (χ0) is 17.5. The lowest BCUT2D eigenvalue weighted by molar-refractivity contribution is -0.130. The van der Waals surface area contributed by atoms with Gasteiger partial charge in [-0.3, -0.25) is 9.59 Å². The number of hydrogen-bond donors (Lipinski definition) is 1. The molecule has 1 aliphatic heterocycles. The molecule has 25 heavy (non-hydrogen) atoms. The van der Waals surface area contributed by atoms with Crippen LogP contribution in [0.15, 0.2) is 18.7 Å². The van der Waals surface area contributed by atoms with Crippen LogP contribution in [-0.4, -0.2) is 45.4 Å². The van der Waals surface area contributed by atoms with Crippen molar-refractivity contribution in [3.05, 3.63) is 18.7 Å². The average Bonchev–Trinajstić information content (AvgIpc) is 3.17. The molecular formula is C19H30N4O2. The number of rotatable bonds is 7. The predicted octanol–water partition coefficient (Wildman–Crippen LogP) is 2.35. The Hall–Kier alpha value is -1.85. The zero-order valence-corrected chi connectivity index (χ0v) is 15.0. The highest BCUT2D eigenvalue weighted by molar-refractivity contribution is 5.89. The third-order valence-corrected chi connectivity index (χ3v) is 5.50. The lowest BCUT2D eigenvalue weighted by Gasteiger charge is -2.27. The van der Waals surface area contributed by atoms with Gasteiger partial charge in [0.05, 0.1) is 12.2 Å². The molecule has 6 heteroatoms. The number of aryl methyl sites for hydroxylation is 1. The summed E-state index contributed by atoms with van der Waals surface area (Å²) in [6.45, 7) is 2.22. The van der Waals surface area contributed by atoms with Crippen LogP contribution in [-0.2, 0) is 16.1 Å². The molecule has 0 aromatic carbocycles. The molecule has 0 spiro atoms. The molecule has 1 N–H and O–H groups in total. The highest BCUT2D eigenvalue weighted by atomic mass is 16.2. The van der Waals surface area contributed by atoms with Gasteiger partial charge in [0.1, 0.15) is 0 Å². The van der Waals surface area contributed by atoms with E-state index in [0.717, 1.165) is 32.2 Å². The number of amides is 2. The van der Waals surface area contributed by atoms with Gasteiger partial charge >= 0.3 is 0 Å². The van der Waals surface area contributed by atoms with Gasteiger partial charge in [0.15, 0.2) is 0 Å². The second-order valence-corrected chi connectivity index (χ2v) is 7.39. The molecule has 0 unspecified atom stereocenters. The van der Waals surface area contributed by atoms with E-state index in [1.54, 1.807) is 6.20 Å². The quantitative estimate of drug-likeness (QED) is 0.609. The van der Waals surface area contributed by atoms with Crippen molar-refractivity contribution in [3.8, 4) is 0 Å². The summed E-state index contributed by atoms with van der Waals surface area (Å²) in [6, 6.07) is 0.364. The van der Waals surface area contributed by atoms with Crippen molar-refractivity contribution in [2.45, 2.75) is 70.4 Å². The fourth-order valence-corrected chi connectivity index (χ4v) is 4.02. The Bertz CT molecular complexity index is 550. The normalized spacial score (nSPS) is 22.2. The number of aromatic nitrogens is 2. The van der Waals surface area contributed by atoms with Gasteiger partial charge in [-0.1, -0.05) is 25.7 Å². The van der Waals surface area contributed by atoms with Crippen molar-refractivity contribution < 1.29 is 9.59 Å². The predicted molar refractivity (Wildman–Crippen MR) is 95.8 cm³/mol.